The van der Waals surface area contributed by atoms with Crippen LogP contribution in [0.1, 0.15) is 10.5 Å². The molecule has 1 N–H and O–H groups in total. The molecule has 0 atom stereocenters. The number of rotatable bonds is 2. The summed E-state index contributed by atoms with van der Waals surface area (Å²) < 4.78 is 2.56. The molecule has 0 fully saturated rings. The number of anilines is 1. The molecule has 1 aromatic carbocycles. The fourth-order valence-corrected chi connectivity index (χ4v) is 1.87. The van der Waals surface area contributed by atoms with Crippen molar-refractivity contribution in [2.75, 3.05) is 5.32 Å². The van der Waals surface area contributed by atoms with Gasteiger partial charge in [0.2, 0.25) is 0 Å². The summed E-state index contributed by atoms with van der Waals surface area (Å²) in [5.74, 6) is -0.149. The number of carbonyl (C=O) groups excluding carboxylic acids is 1. The third-order valence-electron chi connectivity index (χ3n) is 2.18. The smallest absolute Gasteiger partial charge is 0.273 e. The molecule has 2 aromatic rings. The van der Waals surface area contributed by atoms with Gasteiger partial charge in [-0.1, -0.05) is 12.1 Å². The molecule has 2 rings (SSSR count). The fraction of sp³-hybridized carbons (Fsp3) is 0.0909. The number of nitrogens with one attached hydrogen (secondary N) is 1. The molecule has 1 aromatic heterocycles. The normalized spacial score (nSPS) is 10.1. The van der Waals surface area contributed by atoms with E-state index in [-0.39, 0.29) is 5.91 Å². The third kappa shape index (κ3) is 2.24. The molecule has 1 heterocycles. The number of nitrogens with zero attached hydrogens (tertiary/aromatic N) is 2. The molecule has 0 unspecified atom stereocenters. The Labute approximate surface area is 107 Å². The Bertz CT molecular complexity index is 521. The Morgan fingerprint density at radius 1 is 1.38 bits per heavy atom. The van der Waals surface area contributed by atoms with Gasteiger partial charge in [0.15, 0.2) is 0 Å². The second kappa shape index (κ2) is 4.65. The predicted molar refractivity (Wildman–Crippen MR) is 70.3 cm³/mol. The van der Waals surface area contributed by atoms with Crippen LogP contribution in [0.2, 0.25) is 0 Å². The van der Waals surface area contributed by atoms with Crippen molar-refractivity contribution < 1.29 is 4.79 Å². The Hall–Kier alpha value is -1.37. The highest BCUT2D eigenvalue weighted by atomic mass is 127. The molecule has 0 aliphatic heterocycles. The summed E-state index contributed by atoms with van der Waals surface area (Å²) in [5.41, 5.74) is 1.36. The minimum atomic E-state index is -0.149. The van der Waals surface area contributed by atoms with Crippen LogP contribution in [-0.4, -0.2) is 15.7 Å². The van der Waals surface area contributed by atoms with E-state index >= 15 is 0 Å². The standard InChI is InChI=1S/C11H10IN3O/c1-15-10(6-7-13-15)11(16)14-9-5-3-2-4-8(9)12/h2-7H,1H3,(H,14,16). The first kappa shape index (κ1) is 11.1. The van der Waals surface area contributed by atoms with Crippen LogP contribution in [0.15, 0.2) is 36.5 Å². The Balaban J connectivity index is 2.21. The number of hydrogen-bond donors (Lipinski definition) is 1. The largest absolute Gasteiger partial charge is 0.320 e. The number of para-hydroxylation sites is 1. The van der Waals surface area contributed by atoms with Crippen molar-refractivity contribution in [1.82, 2.24) is 9.78 Å². The zero-order chi connectivity index (χ0) is 11.5. The summed E-state index contributed by atoms with van der Waals surface area (Å²) in [4.78, 5) is 11.9. The molecule has 1 amide bonds. The van der Waals surface area contributed by atoms with E-state index < -0.39 is 0 Å². The molecule has 5 heteroatoms. The van der Waals surface area contributed by atoms with Gasteiger partial charge in [-0.3, -0.25) is 9.48 Å². The molecule has 0 radical (unpaired) electrons. The van der Waals surface area contributed by atoms with E-state index in [2.05, 4.69) is 33.0 Å². The minimum absolute atomic E-state index is 0.149. The minimum Gasteiger partial charge on any atom is -0.320 e. The van der Waals surface area contributed by atoms with Gasteiger partial charge in [-0.25, -0.2) is 0 Å². The number of carbonyl (C=O) groups is 1. The van der Waals surface area contributed by atoms with E-state index in [1.807, 2.05) is 24.3 Å². The number of benzene rings is 1. The van der Waals surface area contributed by atoms with E-state index in [0.717, 1.165) is 9.26 Å². The van der Waals surface area contributed by atoms with Gasteiger partial charge in [0.25, 0.3) is 5.91 Å². The van der Waals surface area contributed by atoms with E-state index in [0.29, 0.717) is 5.69 Å². The van der Waals surface area contributed by atoms with Crippen LogP contribution in [-0.2, 0) is 7.05 Å². The van der Waals surface area contributed by atoms with Crippen LogP contribution in [0.25, 0.3) is 0 Å². The maximum absolute atomic E-state index is 11.9. The lowest BCUT2D eigenvalue weighted by molar-refractivity contribution is 0.101. The summed E-state index contributed by atoms with van der Waals surface area (Å²) in [6.07, 6.45) is 1.60. The average Bonchev–Trinajstić information content (AvgIpc) is 2.68. The Morgan fingerprint density at radius 3 is 2.75 bits per heavy atom. The van der Waals surface area contributed by atoms with Crippen molar-refractivity contribution in [3.05, 3.63) is 45.8 Å². The van der Waals surface area contributed by atoms with Crippen molar-refractivity contribution in [1.29, 1.82) is 0 Å². The number of aromatic nitrogens is 2. The van der Waals surface area contributed by atoms with E-state index in [1.54, 1.807) is 24.0 Å². The topological polar surface area (TPSA) is 46.9 Å². The van der Waals surface area contributed by atoms with Crippen molar-refractivity contribution >= 4 is 34.2 Å². The summed E-state index contributed by atoms with van der Waals surface area (Å²) >= 11 is 2.18. The van der Waals surface area contributed by atoms with Crippen LogP contribution >= 0.6 is 22.6 Å². The average molecular weight is 327 g/mol. The van der Waals surface area contributed by atoms with Gasteiger partial charge in [-0.15, -0.1) is 0 Å². The second-order valence-corrected chi connectivity index (χ2v) is 4.44. The molecule has 0 spiro atoms. The highest BCUT2D eigenvalue weighted by Gasteiger charge is 2.10. The lowest BCUT2D eigenvalue weighted by Crippen LogP contribution is -2.16. The second-order valence-electron chi connectivity index (χ2n) is 3.27. The number of amides is 1. The molecule has 16 heavy (non-hydrogen) atoms. The first-order valence-electron chi connectivity index (χ1n) is 4.72. The van der Waals surface area contributed by atoms with Crippen LogP contribution in [0.3, 0.4) is 0 Å². The van der Waals surface area contributed by atoms with Gasteiger partial charge in [0, 0.05) is 16.8 Å². The molecule has 0 saturated heterocycles. The van der Waals surface area contributed by atoms with Gasteiger partial charge in [0.1, 0.15) is 5.69 Å². The van der Waals surface area contributed by atoms with Crippen molar-refractivity contribution in [2.24, 2.45) is 7.05 Å². The predicted octanol–water partition coefficient (Wildman–Crippen LogP) is 2.28. The Kier molecular flexibility index (Phi) is 3.23. The summed E-state index contributed by atoms with van der Waals surface area (Å²) in [6, 6.07) is 9.32. The van der Waals surface area contributed by atoms with E-state index in [1.165, 1.54) is 0 Å². The van der Waals surface area contributed by atoms with E-state index in [4.69, 9.17) is 0 Å². The number of aryl methyl sites for hydroxylation is 1. The molecule has 0 saturated carbocycles. The quantitative estimate of drug-likeness (QED) is 0.861. The van der Waals surface area contributed by atoms with E-state index in [9.17, 15) is 4.79 Å². The lowest BCUT2D eigenvalue weighted by atomic mass is 10.3. The first-order chi connectivity index (χ1) is 7.68. The zero-order valence-electron chi connectivity index (χ0n) is 8.64. The molecule has 82 valence electrons. The van der Waals surface area contributed by atoms with Crippen molar-refractivity contribution in [3.63, 3.8) is 0 Å². The number of hydrogen-bond acceptors (Lipinski definition) is 2. The lowest BCUT2D eigenvalue weighted by Gasteiger charge is -2.06. The third-order valence-corrected chi connectivity index (χ3v) is 3.12. The SMILES string of the molecule is Cn1nccc1C(=O)Nc1ccccc1I. The highest BCUT2D eigenvalue weighted by molar-refractivity contribution is 14.1. The van der Waals surface area contributed by atoms with Gasteiger partial charge >= 0.3 is 0 Å². The van der Waals surface area contributed by atoms with Gasteiger partial charge in [-0.05, 0) is 40.8 Å². The Morgan fingerprint density at radius 2 is 2.12 bits per heavy atom. The summed E-state index contributed by atoms with van der Waals surface area (Å²) in [6.45, 7) is 0. The summed E-state index contributed by atoms with van der Waals surface area (Å²) in [5, 5.41) is 6.80. The maximum atomic E-state index is 11.9. The van der Waals surface area contributed by atoms with Gasteiger partial charge < -0.3 is 5.32 Å². The monoisotopic (exact) mass is 327 g/mol. The zero-order valence-corrected chi connectivity index (χ0v) is 10.8. The van der Waals surface area contributed by atoms with Crippen LogP contribution < -0.4 is 5.32 Å². The number of halogens is 1. The molecule has 0 aliphatic rings. The van der Waals surface area contributed by atoms with Gasteiger partial charge in [-0.2, -0.15) is 5.10 Å². The maximum Gasteiger partial charge on any atom is 0.273 e. The molecule has 4 nitrogen and oxygen atoms in total. The van der Waals surface area contributed by atoms with Crippen molar-refractivity contribution in [2.45, 2.75) is 0 Å². The fourth-order valence-electron chi connectivity index (χ4n) is 1.35. The van der Waals surface area contributed by atoms with Gasteiger partial charge in [0.05, 0.1) is 5.69 Å². The van der Waals surface area contributed by atoms with Crippen molar-refractivity contribution in [3.8, 4) is 0 Å². The van der Waals surface area contributed by atoms with Crippen LogP contribution in [0.4, 0.5) is 5.69 Å². The van der Waals surface area contributed by atoms with Crippen LogP contribution in [0.5, 0.6) is 0 Å². The molecule has 0 bridgehead atoms. The van der Waals surface area contributed by atoms with Crippen LogP contribution in [0, 0.1) is 3.57 Å². The highest BCUT2D eigenvalue weighted by Crippen LogP contribution is 2.17. The molecular formula is C11H10IN3O. The molecule has 0 aliphatic carbocycles. The molecular weight excluding hydrogens is 317 g/mol. The first-order valence-corrected chi connectivity index (χ1v) is 5.80. The summed E-state index contributed by atoms with van der Waals surface area (Å²) in [7, 11) is 1.74.